The fourth-order valence-electron chi connectivity index (χ4n) is 1.77. The number of esters is 2. The van der Waals surface area contributed by atoms with E-state index in [4.69, 9.17) is 4.74 Å². The second-order valence-electron chi connectivity index (χ2n) is 4.77. The van der Waals surface area contributed by atoms with Crippen LogP contribution in [0.25, 0.3) is 0 Å². The molecule has 0 amide bonds. The molecule has 6 heteroatoms. The highest BCUT2D eigenvalue weighted by Gasteiger charge is 2.20. The average molecular weight is 280 g/mol. The van der Waals surface area contributed by atoms with E-state index in [1.54, 1.807) is 12.1 Å². The van der Waals surface area contributed by atoms with Gasteiger partial charge in [0, 0.05) is 11.9 Å². The number of carbonyl (C=O) groups excluding carboxylic acids is 2. The molecule has 0 fully saturated rings. The van der Waals surface area contributed by atoms with Gasteiger partial charge in [-0.1, -0.05) is 13.8 Å². The third-order valence-electron chi connectivity index (χ3n) is 2.69. The Morgan fingerprint density at radius 1 is 1.30 bits per heavy atom. The van der Waals surface area contributed by atoms with Gasteiger partial charge in [-0.15, -0.1) is 0 Å². The summed E-state index contributed by atoms with van der Waals surface area (Å²) in [6, 6.07) is 2.76. The molecule has 0 aromatic carbocycles. The minimum absolute atomic E-state index is 0.186. The summed E-state index contributed by atoms with van der Waals surface area (Å²) in [6.45, 7) is 4.04. The molecule has 20 heavy (non-hydrogen) atoms. The smallest absolute Gasteiger partial charge is 0.356 e. The first kappa shape index (κ1) is 15.9. The van der Waals surface area contributed by atoms with E-state index in [0.717, 1.165) is 0 Å². The summed E-state index contributed by atoms with van der Waals surface area (Å²) in [4.78, 5) is 27.1. The Balaban J connectivity index is 2.87. The quantitative estimate of drug-likeness (QED) is 0.801. The summed E-state index contributed by atoms with van der Waals surface area (Å²) >= 11 is 0. The fraction of sp³-hybridized carbons (Fsp3) is 0.500. The average Bonchev–Trinajstić information content (AvgIpc) is 2.44. The lowest BCUT2D eigenvalue weighted by atomic mass is 10.0. The molecule has 0 radical (unpaired) electrons. The Morgan fingerprint density at radius 3 is 2.55 bits per heavy atom. The van der Waals surface area contributed by atoms with E-state index in [0.29, 0.717) is 18.0 Å². The van der Waals surface area contributed by atoms with Crippen molar-refractivity contribution in [2.45, 2.75) is 26.3 Å². The first-order valence-electron chi connectivity index (χ1n) is 6.36. The number of nitrogens with one attached hydrogen (secondary N) is 1. The molecular formula is C14H20N2O4. The van der Waals surface area contributed by atoms with E-state index in [1.165, 1.54) is 20.4 Å². The minimum atomic E-state index is -0.521. The fourth-order valence-corrected chi connectivity index (χ4v) is 1.77. The predicted molar refractivity (Wildman–Crippen MR) is 74.5 cm³/mol. The zero-order valence-corrected chi connectivity index (χ0v) is 12.2. The molecule has 0 aliphatic heterocycles. The van der Waals surface area contributed by atoms with Gasteiger partial charge in [0.1, 0.15) is 11.7 Å². The van der Waals surface area contributed by atoms with Gasteiger partial charge in [0.25, 0.3) is 0 Å². The van der Waals surface area contributed by atoms with Gasteiger partial charge in [-0.05, 0) is 24.5 Å². The van der Waals surface area contributed by atoms with Gasteiger partial charge >= 0.3 is 11.9 Å². The third-order valence-corrected chi connectivity index (χ3v) is 2.69. The number of anilines is 1. The Hall–Kier alpha value is -2.11. The van der Waals surface area contributed by atoms with Crippen LogP contribution in [0.2, 0.25) is 0 Å². The largest absolute Gasteiger partial charge is 0.467 e. The highest BCUT2D eigenvalue weighted by molar-refractivity contribution is 5.88. The third kappa shape index (κ3) is 4.53. The van der Waals surface area contributed by atoms with Crippen LogP contribution in [0, 0.1) is 5.92 Å². The van der Waals surface area contributed by atoms with Gasteiger partial charge in [-0.3, -0.25) is 0 Å². The highest BCUT2D eigenvalue weighted by atomic mass is 16.5. The molecule has 0 spiro atoms. The molecule has 0 aliphatic carbocycles. The lowest BCUT2D eigenvalue weighted by Gasteiger charge is -2.19. The van der Waals surface area contributed by atoms with E-state index < -0.39 is 12.0 Å². The Kier molecular flexibility index (Phi) is 5.96. The summed E-state index contributed by atoms with van der Waals surface area (Å²) < 4.78 is 9.38. The molecule has 0 aliphatic rings. The number of nitrogens with zero attached hydrogens (tertiary/aromatic N) is 1. The Labute approximate surface area is 118 Å². The lowest BCUT2D eigenvalue weighted by molar-refractivity contribution is -0.141. The van der Waals surface area contributed by atoms with E-state index >= 15 is 0 Å². The van der Waals surface area contributed by atoms with Crippen LogP contribution >= 0.6 is 0 Å². The number of aromatic nitrogens is 1. The van der Waals surface area contributed by atoms with Gasteiger partial charge in [0.15, 0.2) is 0 Å². The Bertz CT molecular complexity index is 474. The molecule has 0 saturated heterocycles. The van der Waals surface area contributed by atoms with E-state index in [1.807, 2.05) is 13.8 Å². The van der Waals surface area contributed by atoms with Crippen LogP contribution < -0.4 is 5.32 Å². The number of ether oxygens (including phenoxy) is 2. The van der Waals surface area contributed by atoms with Crippen LogP contribution in [-0.2, 0) is 14.3 Å². The molecule has 0 bridgehead atoms. The second kappa shape index (κ2) is 7.47. The standard InChI is InChI=1S/C14H20N2O4/c1-9(2)7-12(14(18)20-4)16-10-5-6-15-11(8-10)13(17)19-3/h5-6,8-9,12H,7H2,1-4H3,(H,15,16). The van der Waals surface area contributed by atoms with Gasteiger partial charge in [0.05, 0.1) is 14.2 Å². The number of pyridine rings is 1. The van der Waals surface area contributed by atoms with E-state index in [9.17, 15) is 9.59 Å². The number of hydrogen-bond donors (Lipinski definition) is 1. The van der Waals surface area contributed by atoms with Crippen molar-refractivity contribution in [3.63, 3.8) is 0 Å². The summed E-state index contributed by atoms with van der Waals surface area (Å²) in [7, 11) is 2.64. The van der Waals surface area contributed by atoms with Crippen molar-refractivity contribution in [2.24, 2.45) is 5.92 Å². The molecule has 1 heterocycles. The van der Waals surface area contributed by atoms with Gasteiger partial charge in [-0.25, -0.2) is 14.6 Å². The zero-order valence-electron chi connectivity index (χ0n) is 12.2. The SMILES string of the molecule is COC(=O)c1cc(NC(CC(C)C)C(=O)OC)ccn1. The molecular weight excluding hydrogens is 260 g/mol. The Morgan fingerprint density at radius 2 is 2.00 bits per heavy atom. The summed E-state index contributed by atoms with van der Waals surface area (Å²) in [5.74, 6) is -0.532. The molecule has 1 aromatic rings. The topological polar surface area (TPSA) is 77.5 Å². The number of methoxy groups -OCH3 is 2. The molecule has 1 N–H and O–H groups in total. The molecule has 1 unspecified atom stereocenters. The molecule has 1 atom stereocenters. The van der Waals surface area contributed by atoms with Gasteiger partial charge in [0.2, 0.25) is 0 Å². The molecule has 6 nitrogen and oxygen atoms in total. The maximum absolute atomic E-state index is 11.7. The van der Waals surface area contributed by atoms with Crippen molar-refractivity contribution in [1.82, 2.24) is 4.98 Å². The number of carbonyl (C=O) groups is 2. The van der Waals surface area contributed by atoms with Crippen LogP contribution in [0.3, 0.4) is 0 Å². The van der Waals surface area contributed by atoms with Crippen LogP contribution in [0.1, 0.15) is 30.8 Å². The second-order valence-corrected chi connectivity index (χ2v) is 4.77. The van der Waals surface area contributed by atoms with Crippen molar-refractivity contribution >= 4 is 17.6 Å². The summed E-state index contributed by atoms with van der Waals surface area (Å²) in [5, 5.41) is 3.06. The van der Waals surface area contributed by atoms with Crippen LogP contribution in [-0.4, -0.2) is 37.2 Å². The van der Waals surface area contributed by atoms with E-state index in [2.05, 4.69) is 15.0 Å². The van der Waals surface area contributed by atoms with Gasteiger partial charge in [-0.2, -0.15) is 0 Å². The number of rotatable bonds is 6. The van der Waals surface area contributed by atoms with Crippen molar-refractivity contribution < 1.29 is 19.1 Å². The van der Waals surface area contributed by atoms with Crippen LogP contribution in [0.5, 0.6) is 0 Å². The van der Waals surface area contributed by atoms with Gasteiger partial charge < -0.3 is 14.8 Å². The van der Waals surface area contributed by atoms with Crippen molar-refractivity contribution in [1.29, 1.82) is 0 Å². The van der Waals surface area contributed by atoms with Crippen molar-refractivity contribution in [3.05, 3.63) is 24.0 Å². The van der Waals surface area contributed by atoms with Crippen molar-refractivity contribution in [2.75, 3.05) is 19.5 Å². The van der Waals surface area contributed by atoms with E-state index in [-0.39, 0.29) is 11.7 Å². The molecule has 110 valence electrons. The molecule has 0 saturated carbocycles. The molecule has 1 aromatic heterocycles. The molecule has 1 rings (SSSR count). The zero-order chi connectivity index (χ0) is 15.1. The van der Waals surface area contributed by atoms with Crippen molar-refractivity contribution in [3.8, 4) is 0 Å². The highest BCUT2D eigenvalue weighted by Crippen LogP contribution is 2.15. The predicted octanol–water partition coefficient (Wildman–Crippen LogP) is 1.87. The summed E-state index contributed by atoms with van der Waals surface area (Å²) in [6.07, 6.45) is 2.11. The minimum Gasteiger partial charge on any atom is -0.467 e. The maximum atomic E-state index is 11.7. The normalized spacial score (nSPS) is 11.8. The first-order valence-corrected chi connectivity index (χ1v) is 6.36. The maximum Gasteiger partial charge on any atom is 0.356 e. The van der Waals surface area contributed by atoms with Crippen LogP contribution in [0.4, 0.5) is 5.69 Å². The number of hydrogen-bond acceptors (Lipinski definition) is 6. The van der Waals surface area contributed by atoms with Crippen LogP contribution in [0.15, 0.2) is 18.3 Å². The lowest BCUT2D eigenvalue weighted by Crippen LogP contribution is -2.32. The monoisotopic (exact) mass is 280 g/mol. The first-order chi connectivity index (χ1) is 9.47. The summed E-state index contributed by atoms with van der Waals surface area (Å²) in [5.41, 5.74) is 0.808.